The third-order valence-corrected chi connectivity index (χ3v) is 8.07. The summed E-state index contributed by atoms with van der Waals surface area (Å²) in [4.78, 5) is 41.0. The second kappa shape index (κ2) is 10.9. The van der Waals surface area contributed by atoms with Crippen LogP contribution in [0.3, 0.4) is 0 Å². The quantitative estimate of drug-likeness (QED) is 0.281. The average Bonchev–Trinajstić information content (AvgIpc) is 3.65. The molecule has 2 aliphatic heterocycles. The monoisotopic (exact) mass is 602 g/mol. The number of hydrogen-bond acceptors (Lipinski definition) is 7. The van der Waals surface area contributed by atoms with E-state index in [-0.39, 0.29) is 53.2 Å². The van der Waals surface area contributed by atoms with Crippen LogP contribution < -0.4 is 16.4 Å². The smallest absolute Gasteiger partial charge is 0.382 e. The minimum Gasteiger partial charge on any atom is -0.382 e. The summed E-state index contributed by atoms with van der Waals surface area (Å²) in [6.45, 7) is 5.77. The molecule has 2 unspecified atom stereocenters. The highest BCUT2D eigenvalue weighted by atomic mass is 19.4. The maximum Gasteiger partial charge on any atom is 0.416 e. The number of alkyl halides is 3. The van der Waals surface area contributed by atoms with Crippen LogP contribution in [-0.2, 0) is 11.0 Å². The molecule has 1 aliphatic carbocycles. The summed E-state index contributed by atoms with van der Waals surface area (Å²) >= 11 is 0. The number of amides is 2. The van der Waals surface area contributed by atoms with Gasteiger partial charge < -0.3 is 21.3 Å². The van der Waals surface area contributed by atoms with E-state index in [1.165, 1.54) is 12.1 Å². The van der Waals surface area contributed by atoms with E-state index < -0.39 is 17.6 Å². The molecule has 7 rings (SSSR count). The van der Waals surface area contributed by atoms with Gasteiger partial charge in [-0.25, -0.2) is 15.0 Å². The van der Waals surface area contributed by atoms with Gasteiger partial charge in [0.15, 0.2) is 0 Å². The molecule has 0 radical (unpaired) electrons. The van der Waals surface area contributed by atoms with Crippen molar-refractivity contribution >= 4 is 29.0 Å². The standard InChI is InChI=1S/C31H29F3N8O2/c1-4-5-23(43)42-21-15-20(25(21)38-16(2)3)26(42)29-40-24(27-28(35)37-12-13-41(27)29)17-6-8-18(9-7-17)30(44)39-22-14-19(10-11-36-22)31(32,33)34/h6-14,16,20-21,25-26,38H,15H2,1-3H3,(H2,35,37)(H,36,39,44)/t20-,21-,25?,26?/m0/s1. The molecule has 1 aromatic carbocycles. The molecule has 226 valence electrons. The van der Waals surface area contributed by atoms with Gasteiger partial charge >= 0.3 is 6.18 Å². The van der Waals surface area contributed by atoms with Gasteiger partial charge in [-0.05, 0) is 43.5 Å². The summed E-state index contributed by atoms with van der Waals surface area (Å²) in [6.07, 6.45) is 0.580. The normalized spacial score (nSPS) is 20.8. The van der Waals surface area contributed by atoms with E-state index in [9.17, 15) is 22.8 Å². The minimum atomic E-state index is -4.56. The molecule has 4 aromatic rings. The number of nitrogen functional groups attached to an aromatic ring is 1. The predicted molar refractivity (Wildman–Crippen MR) is 157 cm³/mol. The number of halogens is 3. The number of pyridine rings is 1. The van der Waals surface area contributed by atoms with Crippen LogP contribution in [0.5, 0.6) is 0 Å². The number of nitrogens with one attached hydrogen (secondary N) is 2. The first-order valence-electron chi connectivity index (χ1n) is 14.1. The first kappa shape index (κ1) is 29.1. The van der Waals surface area contributed by atoms with Gasteiger partial charge in [-0.2, -0.15) is 13.2 Å². The first-order chi connectivity index (χ1) is 21.0. The first-order valence-corrected chi connectivity index (χ1v) is 14.1. The highest BCUT2D eigenvalue weighted by Crippen LogP contribution is 2.54. The second-order valence-electron chi connectivity index (χ2n) is 11.2. The number of fused-ring (bicyclic) bond motifs is 2. The molecule has 4 atom stereocenters. The van der Waals surface area contributed by atoms with Gasteiger partial charge in [0.05, 0.1) is 11.6 Å². The van der Waals surface area contributed by atoms with Gasteiger partial charge in [0.1, 0.15) is 28.7 Å². The molecular weight excluding hydrogens is 573 g/mol. The Kier molecular flexibility index (Phi) is 7.25. The number of carbonyl (C=O) groups excluding carboxylic acids is 2. The van der Waals surface area contributed by atoms with Crippen molar-refractivity contribution in [1.29, 1.82) is 0 Å². The van der Waals surface area contributed by atoms with Crippen LogP contribution in [0.2, 0.25) is 0 Å². The van der Waals surface area contributed by atoms with E-state index in [0.717, 1.165) is 24.8 Å². The van der Waals surface area contributed by atoms with Crippen LogP contribution in [0.15, 0.2) is 55.0 Å². The zero-order valence-corrected chi connectivity index (χ0v) is 24.1. The van der Waals surface area contributed by atoms with Crippen LogP contribution in [0.1, 0.15) is 55.0 Å². The van der Waals surface area contributed by atoms with E-state index >= 15 is 0 Å². The summed E-state index contributed by atoms with van der Waals surface area (Å²) < 4.78 is 41.1. The molecule has 3 fully saturated rings. The number of benzene rings is 1. The Balaban J connectivity index is 1.34. The zero-order chi connectivity index (χ0) is 31.3. The van der Waals surface area contributed by atoms with Crippen molar-refractivity contribution in [2.24, 2.45) is 5.92 Å². The highest BCUT2D eigenvalue weighted by molar-refractivity contribution is 6.04. The van der Waals surface area contributed by atoms with Crippen LogP contribution in [-0.4, -0.2) is 54.2 Å². The molecule has 1 saturated carbocycles. The van der Waals surface area contributed by atoms with E-state index in [1.54, 1.807) is 31.5 Å². The number of carbonyl (C=O) groups is 2. The number of nitrogens with zero attached hydrogens (tertiary/aromatic N) is 5. The van der Waals surface area contributed by atoms with Crippen molar-refractivity contribution in [3.8, 4) is 23.1 Å². The number of hydrogen-bond donors (Lipinski definition) is 3. The lowest BCUT2D eigenvalue weighted by Crippen LogP contribution is -2.55. The lowest BCUT2D eigenvalue weighted by atomic mass is 9.76. The predicted octanol–water partition coefficient (Wildman–Crippen LogP) is 4.31. The Morgan fingerprint density at radius 1 is 1.11 bits per heavy atom. The third kappa shape index (κ3) is 5.01. The summed E-state index contributed by atoms with van der Waals surface area (Å²) in [6, 6.07) is 8.00. The maximum atomic E-state index is 13.2. The van der Waals surface area contributed by atoms with Crippen LogP contribution >= 0.6 is 0 Å². The lowest BCUT2D eigenvalue weighted by molar-refractivity contribution is -0.137. The minimum absolute atomic E-state index is 0.0140. The highest BCUT2D eigenvalue weighted by Gasteiger charge is 2.61. The Morgan fingerprint density at radius 2 is 1.86 bits per heavy atom. The Morgan fingerprint density at radius 3 is 2.55 bits per heavy atom. The molecule has 0 spiro atoms. The van der Waals surface area contributed by atoms with E-state index in [4.69, 9.17) is 10.7 Å². The molecule has 2 amide bonds. The lowest BCUT2D eigenvalue weighted by Gasteiger charge is -2.38. The summed E-state index contributed by atoms with van der Waals surface area (Å²) in [5.41, 5.74) is 7.35. The van der Waals surface area contributed by atoms with Gasteiger partial charge in [0.2, 0.25) is 0 Å². The van der Waals surface area contributed by atoms with Crippen molar-refractivity contribution in [2.75, 3.05) is 11.1 Å². The summed E-state index contributed by atoms with van der Waals surface area (Å²) in [5, 5.41) is 6.00. The molecular formula is C31H29F3N8O2. The number of nitrogens with two attached hydrogens (primary N) is 1. The number of rotatable bonds is 6. The maximum absolute atomic E-state index is 13.2. The van der Waals surface area contributed by atoms with E-state index in [2.05, 4.69) is 46.3 Å². The van der Waals surface area contributed by atoms with Gasteiger partial charge in [0.25, 0.3) is 11.8 Å². The fourth-order valence-electron chi connectivity index (χ4n) is 6.21. The fraction of sp³-hybridized carbons (Fsp3) is 0.323. The molecule has 2 bridgehead atoms. The summed E-state index contributed by atoms with van der Waals surface area (Å²) in [7, 11) is 0. The van der Waals surface area contributed by atoms with Crippen molar-refractivity contribution in [2.45, 2.75) is 57.5 Å². The van der Waals surface area contributed by atoms with Crippen LogP contribution in [0.25, 0.3) is 16.8 Å². The molecule has 5 heterocycles. The Hall–Kier alpha value is -4.96. The number of aromatic nitrogens is 4. The largest absolute Gasteiger partial charge is 0.416 e. The number of imidazole rings is 1. The average molecular weight is 603 g/mol. The molecule has 10 nitrogen and oxygen atoms in total. The summed E-state index contributed by atoms with van der Waals surface area (Å²) in [5.74, 6) is 5.31. The Bertz CT molecular complexity index is 1820. The van der Waals surface area contributed by atoms with Crippen molar-refractivity contribution in [3.63, 3.8) is 0 Å². The molecule has 44 heavy (non-hydrogen) atoms. The molecule has 4 N–H and O–H groups in total. The molecule has 13 heteroatoms. The zero-order valence-electron chi connectivity index (χ0n) is 24.1. The van der Waals surface area contributed by atoms with E-state index in [0.29, 0.717) is 22.6 Å². The van der Waals surface area contributed by atoms with Crippen LogP contribution in [0.4, 0.5) is 24.8 Å². The van der Waals surface area contributed by atoms with E-state index in [1.807, 2.05) is 9.30 Å². The van der Waals surface area contributed by atoms with Gasteiger partial charge in [-0.1, -0.05) is 31.9 Å². The number of anilines is 2. The fourth-order valence-corrected chi connectivity index (χ4v) is 6.21. The molecule has 2 saturated heterocycles. The third-order valence-electron chi connectivity index (χ3n) is 8.07. The van der Waals surface area contributed by atoms with Crippen molar-refractivity contribution < 1.29 is 22.8 Å². The van der Waals surface area contributed by atoms with Gasteiger partial charge in [-0.3, -0.25) is 14.0 Å². The second-order valence-corrected chi connectivity index (χ2v) is 11.2. The van der Waals surface area contributed by atoms with Gasteiger partial charge in [-0.15, -0.1) is 0 Å². The van der Waals surface area contributed by atoms with Crippen molar-refractivity contribution in [3.05, 3.63) is 71.9 Å². The van der Waals surface area contributed by atoms with Gasteiger partial charge in [0, 0.05) is 53.8 Å². The molecule has 3 aromatic heterocycles. The van der Waals surface area contributed by atoms with Crippen molar-refractivity contribution in [1.82, 2.24) is 29.6 Å². The SMILES string of the molecule is CC#CC(=O)N1C(c2nc(-c3ccc(C(=O)Nc4cc(C(F)(F)F)ccn4)cc3)c3c(N)nccn23)[C@H]2C[C@H]1C2NC(C)C. The molecule has 3 aliphatic rings. The van der Waals surface area contributed by atoms with Crippen LogP contribution in [0, 0.1) is 17.8 Å². The Labute approximate surface area is 250 Å². The topological polar surface area (TPSA) is 131 Å².